The molecule has 8 heteroatoms. The van der Waals surface area contributed by atoms with Gasteiger partial charge in [0.25, 0.3) is 0 Å². The molecule has 1 fully saturated rings. The van der Waals surface area contributed by atoms with Crippen molar-refractivity contribution in [1.29, 1.82) is 0 Å². The standard InChI is InChI=1S/C25H24O8/c1-12-24(33-14(3)27)20(32-13(2)26)11-19(31-12)17-9-10-18-21(25(17)30-4)23(29)16-8-6-5-7-15(16)22(18)28/h5-10,12,19-20,24H,11H2,1-4H3/t12-,19-,20-,24-/m1/s1. The van der Waals surface area contributed by atoms with Crippen molar-refractivity contribution in [2.45, 2.75) is 51.6 Å². The van der Waals surface area contributed by atoms with Crippen LogP contribution in [0.2, 0.25) is 0 Å². The smallest absolute Gasteiger partial charge is 0.303 e. The summed E-state index contributed by atoms with van der Waals surface area (Å²) in [5, 5.41) is 0. The third-order valence-corrected chi connectivity index (χ3v) is 5.90. The molecule has 0 N–H and O–H groups in total. The van der Waals surface area contributed by atoms with Crippen molar-refractivity contribution >= 4 is 23.5 Å². The van der Waals surface area contributed by atoms with Crippen LogP contribution in [0.3, 0.4) is 0 Å². The number of fused-ring (bicyclic) bond motifs is 2. The van der Waals surface area contributed by atoms with Crippen LogP contribution >= 0.6 is 0 Å². The Morgan fingerprint density at radius 3 is 2.15 bits per heavy atom. The molecule has 4 atom stereocenters. The number of ether oxygens (including phenoxy) is 4. The lowest BCUT2D eigenvalue weighted by Crippen LogP contribution is -2.48. The number of benzene rings is 2. The number of esters is 2. The lowest BCUT2D eigenvalue weighted by Gasteiger charge is -2.39. The highest BCUT2D eigenvalue weighted by atomic mass is 16.6. The van der Waals surface area contributed by atoms with Gasteiger partial charge >= 0.3 is 11.9 Å². The van der Waals surface area contributed by atoms with E-state index < -0.39 is 36.4 Å². The molecular formula is C25H24O8. The van der Waals surface area contributed by atoms with E-state index in [-0.39, 0.29) is 34.9 Å². The topological polar surface area (TPSA) is 105 Å². The molecule has 2 aliphatic rings. The van der Waals surface area contributed by atoms with Gasteiger partial charge in [0.05, 0.1) is 24.9 Å². The summed E-state index contributed by atoms with van der Waals surface area (Å²) in [4.78, 5) is 49.6. The number of hydrogen-bond acceptors (Lipinski definition) is 8. The Hall–Kier alpha value is -3.52. The second-order valence-corrected chi connectivity index (χ2v) is 8.10. The van der Waals surface area contributed by atoms with E-state index in [1.165, 1.54) is 21.0 Å². The van der Waals surface area contributed by atoms with E-state index in [1.807, 2.05) is 0 Å². The molecule has 1 saturated heterocycles. The molecule has 0 unspecified atom stereocenters. The summed E-state index contributed by atoms with van der Waals surface area (Å²) in [6, 6.07) is 9.94. The first-order valence-corrected chi connectivity index (χ1v) is 10.6. The lowest BCUT2D eigenvalue weighted by atomic mass is 9.81. The van der Waals surface area contributed by atoms with Crippen LogP contribution in [-0.4, -0.2) is 48.9 Å². The first-order valence-electron chi connectivity index (χ1n) is 10.6. The van der Waals surface area contributed by atoms with Crippen molar-refractivity contribution in [2.75, 3.05) is 7.11 Å². The number of ketones is 2. The van der Waals surface area contributed by atoms with Gasteiger partial charge in [-0.05, 0) is 13.0 Å². The van der Waals surface area contributed by atoms with Gasteiger partial charge in [-0.3, -0.25) is 19.2 Å². The van der Waals surface area contributed by atoms with Gasteiger partial charge in [0.2, 0.25) is 0 Å². The Labute approximate surface area is 190 Å². The van der Waals surface area contributed by atoms with Crippen molar-refractivity contribution in [3.05, 3.63) is 64.2 Å². The van der Waals surface area contributed by atoms with Gasteiger partial charge in [-0.1, -0.05) is 30.3 Å². The summed E-state index contributed by atoms with van der Waals surface area (Å²) in [6.07, 6.45) is -2.58. The zero-order valence-corrected chi connectivity index (χ0v) is 18.7. The third kappa shape index (κ3) is 4.02. The van der Waals surface area contributed by atoms with Crippen LogP contribution in [0.15, 0.2) is 36.4 Å². The van der Waals surface area contributed by atoms with Gasteiger partial charge in [-0.15, -0.1) is 0 Å². The first kappa shape index (κ1) is 22.7. The minimum atomic E-state index is -0.777. The molecule has 0 aromatic heterocycles. The van der Waals surface area contributed by atoms with Crippen LogP contribution < -0.4 is 4.74 Å². The van der Waals surface area contributed by atoms with Crippen LogP contribution in [0.1, 0.15) is 70.7 Å². The second-order valence-electron chi connectivity index (χ2n) is 8.10. The van der Waals surface area contributed by atoms with Crippen molar-refractivity contribution in [1.82, 2.24) is 0 Å². The average molecular weight is 452 g/mol. The molecule has 1 heterocycles. The van der Waals surface area contributed by atoms with Crippen molar-refractivity contribution in [3.8, 4) is 5.75 Å². The van der Waals surface area contributed by atoms with Crippen molar-refractivity contribution in [3.63, 3.8) is 0 Å². The fourth-order valence-electron chi connectivity index (χ4n) is 4.58. The molecule has 0 amide bonds. The average Bonchev–Trinajstić information content (AvgIpc) is 2.78. The van der Waals surface area contributed by atoms with Gasteiger partial charge in [0.1, 0.15) is 11.9 Å². The van der Waals surface area contributed by atoms with E-state index in [1.54, 1.807) is 43.3 Å². The van der Waals surface area contributed by atoms with E-state index in [2.05, 4.69) is 0 Å². The maximum atomic E-state index is 13.3. The minimum Gasteiger partial charge on any atom is -0.496 e. The van der Waals surface area contributed by atoms with Crippen LogP contribution in [-0.2, 0) is 23.8 Å². The number of rotatable bonds is 4. The highest BCUT2D eigenvalue weighted by molar-refractivity contribution is 6.29. The molecule has 33 heavy (non-hydrogen) atoms. The second kappa shape index (κ2) is 8.78. The molecule has 2 aromatic carbocycles. The van der Waals surface area contributed by atoms with Crippen LogP contribution in [0.5, 0.6) is 5.75 Å². The Kier molecular flexibility index (Phi) is 6.03. The molecule has 0 radical (unpaired) electrons. The highest BCUT2D eigenvalue weighted by Gasteiger charge is 2.43. The molecule has 0 saturated carbocycles. The Balaban J connectivity index is 1.76. The van der Waals surface area contributed by atoms with E-state index in [4.69, 9.17) is 18.9 Å². The molecule has 0 spiro atoms. The van der Waals surface area contributed by atoms with Crippen LogP contribution in [0.25, 0.3) is 0 Å². The largest absolute Gasteiger partial charge is 0.496 e. The first-order chi connectivity index (χ1) is 15.7. The van der Waals surface area contributed by atoms with Crippen LogP contribution in [0.4, 0.5) is 0 Å². The molecule has 4 rings (SSSR count). The zero-order valence-electron chi connectivity index (χ0n) is 18.7. The Morgan fingerprint density at radius 2 is 1.55 bits per heavy atom. The monoisotopic (exact) mass is 452 g/mol. The molecule has 1 aliphatic heterocycles. The van der Waals surface area contributed by atoms with E-state index in [0.29, 0.717) is 16.7 Å². The molecular weight excluding hydrogens is 428 g/mol. The Morgan fingerprint density at radius 1 is 0.909 bits per heavy atom. The van der Waals surface area contributed by atoms with E-state index in [0.717, 1.165) is 0 Å². The third-order valence-electron chi connectivity index (χ3n) is 5.90. The fourth-order valence-corrected chi connectivity index (χ4v) is 4.58. The normalized spacial score (nSPS) is 23.9. The van der Waals surface area contributed by atoms with Gasteiger partial charge in [-0.2, -0.15) is 0 Å². The summed E-state index contributed by atoms with van der Waals surface area (Å²) < 4.78 is 22.5. The summed E-state index contributed by atoms with van der Waals surface area (Å²) in [7, 11) is 1.43. The summed E-state index contributed by atoms with van der Waals surface area (Å²) in [5.41, 5.74) is 1.66. The van der Waals surface area contributed by atoms with E-state index >= 15 is 0 Å². The molecule has 2 aromatic rings. The number of hydrogen-bond donors (Lipinski definition) is 0. The fraction of sp³-hybridized carbons (Fsp3) is 0.360. The van der Waals surface area contributed by atoms with Gasteiger partial charge < -0.3 is 18.9 Å². The zero-order chi connectivity index (χ0) is 23.9. The SMILES string of the molecule is COc1c([C@H]2C[C@@H](OC(C)=O)[C@H](OC(C)=O)[C@@H](C)O2)ccc2c1C(=O)c1ccccc1C2=O. The number of methoxy groups -OCH3 is 1. The molecule has 172 valence electrons. The van der Waals surface area contributed by atoms with E-state index in [9.17, 15) is 19.2 Å². The number of carbonyl (C=O) groups is 4. The summed E-state index contributed by atoms with van der Waals surface area (Å²) in [5.74, 6) is -1.35. The number of carbonyl (C=O) groups excluding carboxylic acids is 4. The maximum Gasteiger partial charge on any atom is 0.303 e. The summed E-state index contributed by atoms with van der Waals surface area (Å²) in [6.45, 7) is 4.27. The maximum absolute atomic E-state index is 13.3. The summed E-state index contributed by atoms with van der Waals surface area (Å²) >= 11 is 0. The van der Waals surface area contributed by atoms with Crippen molar-refractivity contribution in [2.24, 2.45) is 0 Å². The molecule has 8 nitrogen and oxygen atoms in total. The predicted octanol–water partition coefficient (Wildman–Crippen LogP) is 3.18. The Bertz CT molecular complexity index is 1150. The van der Waals surface area contributed by atoms with Crippen molar-refractivity contribution < 1.29 is 38.1 Å². The quantitative estimate of drug-likeness (QED) is 0.556. The molecule has 1 aliphatic carbocycles. The van der Waals surface area contributed by atoms with Gasteiger partial charge in [0, 0.05) is 42.5 Å². The minimum absolute atomic E-state index is 0.176. The van der Waals surface area contributed by atoms with Gasteiger partial charge in [0.15, 0.2) is 17.7 Å². The molecule has 0 bridgehead atoms. The van der Waals surface area contributed by atoms with Gasteiger partial charge in [-0.25, -0.2) is 0 Å². The highest BCUT2D eigenvalue weighted by Crippen LogP contribution is 2.43. The lowest BCUT2D eigenvalue weighted by molar-refractivity contribution is -0.204. The predicted molar refractivity (Wildman–Crippen MR) is 115 cm³/mol. The van der Waals surface area contributed by atoms with Crippen LogP contribution in [0, 0.1) is 0 Å².